The zero-order valence-electron chi connectivity index (χ0n) is 9.79. The van der Waals surface area contributed by atoms with Crippen molar-refractivity contribution in [2.45, 2.75) is 38.6 Å². The third-order valence-electron chi connectivity index (χ3n) is 2.97. The van der Waals surface area contributed by atoms with E-state index < -0.39 is 0 Å². The van der Waals surface area contributed by atoms with E-state index in [4.69, 9.17) is 0 Å². The number of nitrogens with zero attached hydrogens (tertiary/aromatic N) is 1. The summed E-state index contributed by atoms with van der Waals surface area (Å²) in [6.45, 7) is 1.92. The van der Waals surface area contributed by atoms with Gasteiger partial charge < -0.3 is 5.32 Å². The number of carbonyl (C=O) groups is 1. The van der Waals surface area contributed by atoms with Crippen LogP contribution in [0.4, 0.5) is 10.6 Å². The van der Waals surface area contributed by atoms with E-state index in [1.54, 1.807) is 6.20 Å². The molecule has 1 aromatic rings. The topological polar surface area (TPSA) is 54.0 Å². The second-order valence-corrected chi connectivity index (χ2v) is 5.31. The zero-order chi connectivity index (χ0) is 12.3. The molecule has 2 N–H and O–H groups in total. The molecule has 1 fully saturated rings. The SMILES string of the molecule is Cc1cc(Br)cnc1NC(=O)NC1CCCC1. The highest BCUT2D eigenvalue weighted by Gasteiger charge is 2.17. The first-order chi connectivity index (χ1) is 8.15. The monoisotopic (exact) mass is 297 g/mol. The van der Waals surface area contributed by atoms with Gasteiger partial charge in [-0.15, -0.1) is 0 Å². The van der Waals surface area contributed by atoms with Crippen LogP contribution < -0.4 is 10.6 Å². The number of aryl methyl sites for hydroxylation is 1. The van der Waals surface area contributed by atoms with E-state index in [1.807, 2.05) is 13.0 Å². The Kier molecular flexibility index (Phi) is 3.99. The number of amides is 2. The van der Waals surface area contributed by atoms with Crippen molar-refractivity contribution in [2.75, 3.05) is 5.32 Å². The molecular weight excluding hydrogens is 282 g/mol. The maximum Gasteiger partial charge on any atom is 0.320 e. The van der Waals surface area contributed by atoms with Gasteiger partial charge in [-0.3, -0.25) is 5.32 Å². The third kappa shape index (κ3) is 3.43. The number of carbonyl (C=O) groups excluding carboxylic acids is 1. The van der Waals surface area contributed by atoms with E-state index in [0.29, 0.717) is 11.9 Å². The van der Waals surface area contributed by atoms with Crippen LogP contribution >= 0.6 is 15.9 Å². The minimum Gasteiger partial charge on any atom is -0.335 e. The molecule has 1 heterocycles. The molecule has 4 nitrogen and oxygen atoms in total. The van der Waals surface area contributed by atoms with Crippen LogP contribution in [0.2, 0.25) is 0 Å². The standard InChI is InChI=1S/C12H16BrN3O/c1-8-6-9(13)7-14-11(8)16-12(17)15-10-4-2-3-5-10/h6-7,10H,2-5H2,1H3,(H2,14,15,16,17). The predicted molar refractivity (Wildman–Crippen MR) is 71.1 cm³/mol. The first-order valence-electron chi connectivity index (χ1n) is 5.85. The lowest BCUT2D eigenvalue weighted by Crippen LogP contribution is -2.36. The maximum atomic E-state index is 11.7. The molecule has 2 rings (SSSR count). The minimum atomic E-state index is -0.158. The van der Waals surface area contributed by atoms with E-state index >= 15 is 0 Å². The molecule has 0 unspecified atom stereocenters. The van der Waals surface area contributed by atoms with Gasteiger partial charge in [0.1, 0.15) is 5.82 Å². The lowest BCUT2D eigenvalue weighted by Gasteiger charge is -2.13. The van der Waals surface area contributed by atoms with E-state index in [-0.39, 0.29) is 6.03 Å². The Morgan fingerprint density at radius 2 is 2.18 bits per heavy atom. The molecule has 1 saturated carbocycles. The Morgan fingerprint density at radius 1 is 1.47 bits per heavy atom. The molecule has 0 atom stereocenters. The van der Waals surface area contributed by atoms with Gasteiger partial charge in [-0.25, -0.2) is 9.78 Å². The van der Waals surface area contributed by atoms with Crippen LogP contribution in [-0.2, 0) is 0 Å². The quantitative estimate of drug-likeness (QED) is 0.881. The van der Waals surface area contributed by atoms with Crippen LogP contribution in [0.5, 0.6) is 0 Å². The van der Waals surface area contributed by atoms with Crippen LogP contribution in [0.15, 0.2) is 16.7 Å². The van der Waals surface area contributed by atoms with Gasteiger partial charge in [-0.05, 0) is 47.3 Å². The fraction of sp³-hybridized carbons (Fsp3) is 0.500. The van der Waals surface area contributed by atoms with Gasteiger partial charge in [-0.2, -0.15) is 0 Å². The fourth-order valence-corrected chi connectivity index (χ4v) is 2.52. The first kappa shape index (κ1) is 12.4. The Labute approximate surface area is 109 Å². The summed E-state index contributed by atoms with van der Waals surface area (Å²) in [5.41, 5.74) is 0.945. The molecule has 0 spiro atoms. The zero-order valence-corrected chi connectivity index (χ0v) is 11.4. The van der Waals surface area contributed by atoms with E-state index in [0.717, 1.165) is 22.9 Å². The number of rotatable bonds is 2. The molecule has 92 valence electrons. The van der Waals surface area contributed by atoms with E-state index in [9.17, 15) is 4.79 Å². The highest BCUT2D eigenvalue weighted by molar-refractivity contribution is 9.10. The van der Waals surface area contributed by atoms with Crippen molar-refractivity contribution in [1.29, 1.82) is 0 Å². The lowest BCUT2D eigenvalue weighted by atomic mass is 10.2. The molecule has 2 amide bonds. The summed E-state index contributed by atoms with van der Waals surface area (Å²) < 4.78 is 0.914. The summed E-state index contributed by atoms with van der Waals surface area (Å²) in [5, 5.41) is 5.75. The molecular formula is C12H16BrN3O. The van der Waals surface area contributed by atoms with Crippen LogP contribution in [-0.4, -0.2) is 17.1 Å². The van der Waals surface area contributed by atoms with Gasteiger partial charge in [-0.1, -0.05) is 12.8 Å². The number of halogens is 1. The first-order valence-corrected chi connectivity index (χ1v) is 6.64. The van der Waals surface area contributed by atoms with Gasteiger partial charge >= 0.3 is 6.03 Å². The highest BCUT2D eigenvalue weighted by Crippen LogP contribution is 2.19. The number of hydrogen-bond acceptors (Lipinski definition) is 2. The molecule has 1 aliphatic carbocycles. The largest absolute Gasteiger partial charge is 0.335 e. The maximum absolute atomic E-state index is 11.7. The van der Waals surface area contributed by atoms with Crippen LogP contribution in [0.25, 0.3) is 0 Å². The summed E-state index contributed by atoms with van der Waals surface area (Å²) in [6, 6.07) is 2.10. The predicted octanol–water partition coefficient (Wildman–Crippen LogP) is 3.22. The van der Waals surface area contributed by atoms with Crippen molar-refractivity contribution in [3.63, 3.8) is 0 Å². The summed E-state index contributed by atoms with van der Waals surface area (Å²) in [6.07, 6.45) is 6.26. The number of urea groups is 1. The van der Waals surface area contributed by atoms with Crippen molar-refractivity contribution in [3.05, 3.63) is 22.3 Å². The minimum absolute atomic E-state index is 0.158. The van der Waals surface area contributed by atoms with Gasteiger partial charge in [0, 0.05) is 16.7 Å². The molecule has 5 heteroatoms. The van der Waals surface area contributed by atoms with E-state index in [1.165, 1.54) is 12.8 Å². The second-order valence-electron chi connectivity index (χ2n) is 4.40. The Morgan fingerprint density at radius 3 is 2.82 bits per heavy atom. The lowest BCUT2D eigenvalue weighted by molar-refractivity contribution is 0.248. The third-order valence-corrected chi connectivity index (χ3v) is 3.40. The normalized spacial score (nSPS) is 15.9. The summed E-state index contributed by atoms with van der Waals surface area (Å²) in [7, 11) is 0. The van der Waals surface area contributed by atoms with Crippen molar-refractivity contribution in [1.82, 2.24) is 10.3 Å². The number of hydrogen-bond donors (Lipinski definition) is 2. The molecule has 0 aliphatic heterocycles. The van der Waals surface area contributed by atoms with E-state index in [2.05, 4.69) is 31.5 Å². The Balaban J connectivity index is 1.93. The van der Waals surface area contributed by atoms with Crippen LogP contribution in [0.3, 0.4) is 0 Å². The summed E-state index contributed by atoms with van der Waals surface area (Å²) >= 11 is 3.34. The number of pyridine rings is 1. The molecule has 0 aromatic carbocycles. The second kappa shape index (κ2) is 5.49. The molecule has 0 bridgehead atoms. The van der Waals surface area contributed by atoms with Crippen molar-refractivity contribution >= 4 is 27.8 Å². The molecule has 0 saturated heterocycles. The smallest absolute Gasteiger partial charge is 0.320 e. The van der Waals surface area contributed by atoms with Crippen molar-refractivity contribution < 1.29 is 4.79 Å². The highest BCUT2D eigenvalue weighted by atomic mass is 79.9. The van der Waals surface area contributed by atoms with Gasteiger partial charge in [0.15, 0.2) is 0 Å². The van der Waals surface area contributed by atoms with Gasteiger partial charge in [0.05, 0.1) is 0 Å². The van der Waals surface area contributed by atoms with Crippen LogP contribution in [0.1, 0.15) is 31.2 Å². The summed E-state index contributed by atoms with van der Waals surface area (Å²) in [5.74, 6) is 0.615. The molecule has 1 aliphatic rings. The molecule has 17 heavy (non-hydrogen) atoms. The average Bonchev–Trinajstić information content (AvgIpc) is 2.75. The summed E-state index contributed by atoms with van der Waals surface area (Å²) in [4.78, 5) is 15.9. The fourth-order valence-electron chi connectivity index (χ4n) is 2.07. The Bertz CT molecular complexity index is 416. The average molecular weight is 298 g/mol. The molecule has 1 aromatic heterocycles. The number of nitrogens with one attached hydrogen (secondary N) is 2. The van der Waals surface area contributed by atoms with Crippen LogP contribution in [0, 0.1) is 6.92 Å². The number of anilines is 1. The molecule has 0 radical (unpaired) electrons. The number of aromatic nitrogens is 1. The Hall–Kier alpha value is -1.10. The van der Waals surface area contributed by atoms with Gasteiger partial charge in [0.2, 0.25) is 0 Å². The van der Waals surface area contributed by atoms with Crippen molar-refractivity contribution in [2.24, 2.45) is 0 Å². The van der Waals surface area contributed by atoms with Gasteiger partial charge in [0.25, 0.3) is 0 Å². The van der Waals surface area contributed by atoms with Crippen molar-refractivity contribution in [3.8, 4) is 0 Å².